The minimum Gasteiger partial charge on any atom is -0.289 e. The molecule has 7 heteroatoms. The molecule has 0 atom stereocenters. The Morgan fingerprint density at radius 3 is 2.64 bits per heavy atom. The maximum Gasteiger partial charge on any atom is 0.258 e. The highest BCUT2D eigenvalue weighted by atomic mass is 79.9. The molecule has 1 amide bonds. The fourth-order valence-corrected chi connectivity index (χ4v) is 2.42. The Balaban J connectivity index is 1.84. The fraction of sp³-hybridized carbons (Fsp3) is 0. The number of rotatable bonds is 3. The molecule has 0 radical (unpaired) electrons. The van der Waals surface area contributed by atoms with E-state index in [0.717, 1.165) is 0 Å². The molecule has 3 rings (SSSR count). The molecule has 5 nitrogen and oxygen atoms in total. The second-order valence-electron chi connectivity index (χ2n) is 4.40. The SMILES string of the molecule is O=C(Nc1ncn(-c2c(F)cccc2Br)n1)c1ccccc1. The molecule has 1 heterocycles. The third kappa shape index (κ3) is 2.89. The smallest absolute Gasteiger partial charge is 0.258 e. The Hall–Kier alpha value is -2.54. The number of benzene rings is 2. The highest BCUT2D eigenvalue weighted by Crippen LogP contribution is 2.23. The predicted octanol–water partition coefficient (Wildman–Crippen LogP) is 3.42. The van der Waals surface area contributed by atoms with E-state index in [1.165, 1.54) is 17.1 Å². The number of halogens is 2. The van der Waals surface area contributed by atoms with Gasteiger partial charge < -0.3 is 0 Å². The van der Waals surface area contributed by atoms with Crippen LogP contribution in [0.5, 0.6) is 0 Å². The molecule has 0 aliphatic carbocycles. The molecule has 1 aromatic heterocycles. The molecule has 110 valence electrons. The Morgan fingerprint density at radius 2 is 1.91 bits per heavy atom. The topological polar surface area (TPSA) is 59.8 Å². The Kier molecular flexibility index (Phi) is 3.97. The van der Waals surface area contributed by atoms with Gasteiger partial charge in [-0.15, -0.1) is 5.10 Å². The van der Waals surface area contributed by atoms with Crippen molar-refractivity contribution in [2.75, 3.05) is 5.32 Å². The molecule has 0 unspecified atom stereocenters. The van der Waals surface area contributed by atoms with Crippen LogP contribution < -0.4 is 5.32 Å². The zero-order valence-electron chi connectivity index (χ0n) is 11.2. The van der Waals surface area contributed by atoms with Crippen molar-refractivity contribution in [3.63, 3.8) is 0 Å². The first-order chi connectivity index (χ1) is 10.6. The number of amides is 1. The number of hydrogen-bond donors (Lipinski definition) is 1. The van der Waals surface area contributed by atoms with E-state index in [1.807, 2.05) is 6.07 Å². The summed E-state index contributed by atoms with van der Waals surface area (Å²) in [5, 5.41) is 6.64. The fourth-order valence-electron chi connectivity index (χ4n) is 1.90. The predicted molar refractivity (Wildman–Crippen MR) is 83.4 cm³/mol. The first-order valence-corrected chi connectivity index (χ1v) is 7.17. The molecule has 0 aliphatic heterocycles. The molecule has 0 saturated heterocycles. The molecule has 0 fully saturated rings. The number of aromatic nitrogens is 3. The standard InChI is InChI=1S/C15H10BrFN4O/c16-11-7-4-8-12(17)13(11)21-9-18-15(20-21)19-14(22)10-5-2-1-3-6-10/h1-9H,(H,19,20,22). The lowest BCUT2D eigenvalue weighted by Gasteiger charge is -2.04. The van der Waals surface area contributed by atoms with Crippen LogP contribution in [-0.2, 0) is 0 Å². The maximum atomic E-state index is 13.9. The summed E-state index contributed by atoms with van der Waals surface area (Å²) in [6, 6.07) is 13.3. The van der Waals surface area contributed by atoms with Crippen molar-refractivity contribution in [1.82, 2.24) is 14.8 Å². The minimum atomic E-state index is -0.444. The molecule has 1 N–H and O–H groups in total. The van der Waals surface area contributed by atoms with Crippen LogP contribution in [0.3, 0.4) is 0 Å². The van der Waals surface area contributed by atoms with E-state index < -0.39 is 5.82 Å². The van der Waals surface area contributed by atoms with Crippen molar-refractivity contribution in [2.24, 2.45) is 0 Å². The van der Waals surface area contributed by atoms with E-state index in [0.29, 0.717) is 10.0 Å². The van der Waals surface area contributed by atoms with Crippen LogP contribution in [0.1, 0.15) is 10.4 Å². The normalized spacial score (nSPS) is 10.5. The average Bonchev–Trinajstić information content (AvgIpc) is 2.96. The van der Waals surface area contributed by atoms with Crippen molar-refractivity contribution >= 4 is 27.8 Å². The number of nitrogens with one attached hydrogen (secondary N) is 1. The van der Waals surface area contributed by atoms with Crippen molar-refractivity contribution in [2.45, 2.75) is 0 Å². The Bertz CT molecular complexity index is 799. The highest BCUT2D eigenvalue weighted by molar-refractivity contribution is 9.10. The lowest BCUT2D eigenvalue weighted by atomic mass is 10.2. The minimum absolute atomic E-state index is 0.101. The van der Waals surface area contributed by atoms with Gasteiger partial charge in [-0.05, 0) is 40.2 Å². The van der Waals surface area contributed by atoms with Crippen molar-refractivity contribution in [3.05, 3.63) is 70.7 Å². The Labute approximate surface area is 133 Å². The van der Waals surface area contributed by atoms with Crippen LogP contribution in [0.4, 0.5) is 10.3 Å². The largest absolute Gasteiger partial charge is 0.289 e. The van der Waals surface area contributed by atoms with Gasteiger partial charge in [-0.1, -0.05) is 24.3 Å². The molecule has 22 heavy (non-hydrogen) atoms. The summed E-state index contributed by atoms with van der Waals surface area (Å²) in [5.74, 6) is -0.671. The lowest BCUT2D eigenvalue weighted by molar-refractivity contribution is 0.102. The van der Waals surface area contributed by atoms with E-state index in [-0.39, 0.29) is 17.5 Å². The molecule has 0 spiro atoms. The van der Waals surface area contributed by atoms with Gasteiger partial charge in [0.15, 0.2) is 0 Å². The van der Waals surface area contributed by atoms with Crippen LogP contribution in [0.2, 0.25) is 0 Å². The van der Waals surface area contributed by atoms with Gasteiger partial charge in [-0.2, -0.15) is 4.98 Å². The van der Waals surface area contributed by atoms with Crippen LogP contribution in [-0.4, -0.2) is 20.7 Å². The first-order valence-electron chi connectivity index (χ1n) is 6.37. The molecule has 0 aliphatic rings. The number of carbonyl (C=O) groups is 1. The second-order valence-corrected chi connectivity index (χ2v) is 5.26. The molecular weight excluding hydrogens is 351 g/mol. The maximum absolute atomic E-state index is 13.9. The summed E-state index contributed by atoms with van der Waals surface area (Å²) in [4.78, 5) is 16.0. The zero-order valence-corrected chi connectivity index (χ0v) is 12.8. The van der Waals surface area contributed by atoms with Crippen molar-refractivity contribution in [3.8, 4) is 5.69 Å². The third-order valence-corrected chi connectivity index (χ3v) is 3.56. The van der Waals surface area contributed by atoms with Crippen LogP contribution in [0.25, 0.3) is 5.69 Å². The van der Waals surface area contributed by atoms with Gasteiger partial charge in [0.05, 0.1) is 0 Å². The third-order valence-electron chi connectivity index (χ3n) is 2.92. The number of nitrogens with zero attached hydrogens (tertiary/aromatic N) is 3. The van der Waals surface area contributed by atoms with Gasteiger partial charge in [-0.25, -0.2) is 9.07 Å². The van der Waals surface area contributed by atoms with Gasteiger partial charge in [-0.3, -0.25) is 10.1 Å². The average molecular weight is 361 g/mol. The van der Waals surface area contributed by atoms with Gasteiger partial charge in [0.2, 0.25) is 5.95 Å². The number of anilines is 1. The van der Waals surface area contributed by atoms with Gasteiger partial charge >= 0.3 is 0 Å². The summed E-state index contributed by atoms with van der Waals surface area (Å²) < 4.78 is 15.7. The quantitative estimate of drug-likeness (QED) is 0.778. The summed E-state index contributed by atoms with van der Waals surface area (Å²) in [5.41, 5.74) is 0.723. The second kappa shape index (κ2) is 6.07. The number of hydrogen-bond acceptors (Lipinski definition) is 3. The van der Waals surface area contributed by atoms with Gasteiger partial charge in [0.1, 0.15) is 17.8 Å². The molecule has 0 saturated carbocycles. The van der Waals surface area contributed by atoms with E-state index in [1.54, 1.807) is 36.4 Å². The van der Waals surface area contributed by atoms with Crippen LogP contribution in [0.15, 0.2) is 59.3 Å². The highest BCUT2D eigenvalue weighted by Gasteiger charge is 2.13. The van der Waals surface area contributed by atoms with E-state index in [9.17, 15) is 9.18 Å². The van der Waals surface area contributed by atoms with E-state index in [4.69, 9.17) is 0 Å². The Morgan fingerprint density at radius 1 is 1.14 bits per heavy atom. The molecular formula is C15H10BrFN4O. The summed E-state index contributed by atoms with van der Waals surface area (Å²) in [6.07, 6.45) is 1.34. The number of para-hydroxylation sites is 1. The van der Waals surface area contributed by atoms with Crippen molar-refractivity contribution in [1.29, 1.82) is 0 Å². The van der Waals surface area contributed by atoms with Gasteiger partial charge in [0.25, 0.3) is 5.91 Å². The van der Waals surface area contributed by atoms with Gasteiger partial charge in [0, 0.05) is 10.0 Å². The number of carbonyl (C=O) groups excluding carboxylic acids is 1. The molecule has 3 aromatic rings. The van der Waals surface area contributed by atoms with Crippen molar-refractivity contribution < 1.29 is 9.18 Å². The van der Waals surface area contributed by atoms with Crippen LogP contribution >= 0.6 is 15.9 Å². The monoisotopic (exact) mass is 360 g/mol. The summed E-state index contributed by atoms with van der Waals surface area (Å²) in [6.45, 7) is 0. The van der Waals surface area contributed by atoms with E-state index in [2.05, 4.69) is 31.3 Å². The summed E-state index contributed by atoms with van der Waals surface area (Å²) in [7, 11) is 0. The molecule has 2 aromatic carbocycles. The van der Waals surface area contributed by atoms with E-state index >= 15 is 0 Å². The lowest BCUT2D eigenvalue weighted by Crippen LogP contribution is -2.13. The van der Waals surface area contributed by atoms with Crippen LogP contribution in [0, 0.1) is 5.82 Å². The zero-order chi connectivity index (χ0) is 15.5. The summed E-state index contributed by atoms with van der Waals surface area (Å²) >= 11 is 3.26. The molecule has 0 bridgehead atoms. The first kappa shape index (κ1) is 14.4.